The normalized spacial score (nSPS) is 17.6. The summed E-state index contributed by atoms with van der Waals surface area (Å²) in [7, 11) is 1.78. The number of aromatic nitrogens is 1. The lowest BCUT2D eigenvalue weighted by Gasteiger charge is -2.36. The summed E-state index contributed by atoms with van der Waals surface area (Å²) >= 11 is 0. The number of fused-ring (bicyclic) bond motifs is 2. The number of carbonyl (C=O) groups is 2. The summed E-state index contributed by atoms with van der Waals surface area (Å²) in [5.41, 5.74) is 3.96. The predicted molar refractivity (Wildman–Crippen MR) is 139 cm³/mol. The Labute approximate surface area is 211 Å². The average molecular weight is 492 g/mol. The van der Waals surface area contributed by atoms with Gasteiger partial charge in [0.2, 0.25) is 0 Å². The summed E-state index contributed by atoms with van der Waals surface area (Å²) < 4.78 is 5.67. The van der Waals surface area contributed by atoms with Crippen LogP contribution in [0.5, 0.6) is 5.75 Å². The number of nitrogens with zero attached hydrogens (tertiary/aromatic N) is 3. The minimum Gasteiger partial charge on any atom is -0.496 e. The monoisotopic (exact) mass is 491 g/mol. The van der Waals surface area contributed by atoms with E-state index in [4.69, 9.17) is 29.5 Å². The molecule has 190 valence electrons. The molecule has 1 saturated heterocycles. The molecule has 8 nitrogen and oxygen atoms in total. The number of methoxy groups -OCH3 is 1. The van der Waals surface area contributed by atoms with Gasteiger partial charge in [0, 0.05) is 37.5 Å². The van der Waals surface area contributed by atoms with Crippen LogP contribution in [0.4, 0.5) is 5.82 Å². The molecule has 36 heavy (non-hydrogen) atoms. The lowest BCUT2D eigenvalue weighted by Crippen LogP contribution is -2.46. The highest BCUT2D eigenvalue weighted by Gasteiger charge is 2.27. The molecule has 2 heterocycles. The first-order valence-corrected chi connectivity index (χ1v) is 12.4. The van der Waals surface area contributed by atoms with E-state index in [1.807, 2.05) is 0 Å². The van der Waals surface area contributed by atoms with Gasteiger partial charge in [-0.3, -0.25) is 0 Å². The number of anilines is 1. The van der Waals surface area contributed by atoms with Gasteiger partial charge in [-0.15, -0.1) is 0 Å². The molecular formula is C28H33N3O5. The number of benzene rings is 2. The number of hydrogen-bond donors (Lipinski definition) is 2. The SMILES string of the molecule is CCN1CCN(c2nc(C3CCCc4c(OC)cccc43)cc3ccccc23)CC1.O=C(O)C(=O)O. The topological polar surface area (TPSA) is 103 Å². The molecule has 8 heteroatoms. The molecule has 2 N–H and O–H groups in total. The Morgan fingerprint density at radius 3 is 2.42 bits per heavy atom. The minimum absolute atomic E-state index is 0.337. The average Bonchev–Trinajstić information content (AvgIpc) is 2.92. The summed E-state index contributed by atoms with van der Waals surface area (Å²) in [6, 6.07) is 17.6. The smallest absolute Gasteiger partial charge is 0.414 e. The first kappa shape index (κ1) is 25.4. The third kappa shape index (κ3) is 5.44. The highest BCUT2D eigenvalue weighted by atomic mass is 16.5. The van der Waals surface area contributed by atoms with Crippen molar-refractivity contribution >= 4 is 28.5 Å². The lowest BCUT2D eigenvalue weighted by atomic mass is 9.80. The number of piperazine rings is 1. The predicted octanol–water partition coefficient (Wildman–Crippen LogP) is 4.01. The largest absolute Gasteiger partial charge is 0.496 e. The Morgan fingerprint density at radius 1 is 1.03 bits per heavy atom. The van der Waals surface area contributed by atoms with Gasteiger partial charge in [0.15, 0.2) is 0 Å². The van der Waals surface area contributed by atoms with E-state index in [0.717, 1.165) is 57.1 Å². The van der Waals surface area contributed by atoms with E-state index >= 15 is 0 Å². The molecule has 1 fully saturated rings. The molecule has 1 unspecified atom stereocenters. The standard InChI is InChI=1S/C26H31N3O.C2H2O4/c1-3-28-14-16-29(17-15-28)26-20-9-5-4-8-19(20)18-24(27-26)22-11-6-12-23-21(22)10-7-13-25(23)30-2;3-1(4)2(5)6/h4-5,7-10,13,18,22H,3,6,11-12,14-17H2,1-2H3;(H,3,4)(H,5,6). The lowest BCUT2D eigenvalue weighted by molar-refractivity contribution is -0.159. The van der Waals surface area contributed by atoms with E-state index in [9.17, 15) is 0 Å². The van der Waals surface area contributed by atoms with Crippen molar-refractivity contribution in [3.63, 3.8) is 0 Å². The molecule has 0 bridgehead atoms. The van der Waals surface area contributed by atoms with E-state index < -0.39 is 11.9 Å². The minimum atomic E-state index is -1.82. The highest BCUT2D eigenvalue weighted by molar-refractivity contribution is 6.27. The third-order valence-electron chi connectivity index (χ3n) is 7.08. The van der Waals surface area contributed by atoms with Gasteiger partial charge >= 0.3 is 11.9 Å². The number of hydrogen-bond acceptors (Lipinski definition) is 6. The Balaban J connectivity index is 0.000000455. The van der Waals surface area contributed by atoms with Crippen molar-refractivity contribution in [2.45, 2.75) is 32.1 Å². The van der Waals surface area contributed by atoms with Crippen LogP contribution in [0.15, 0.2) is 48.5 Å². The maximum absolute atomic E-state index is 9.10. The zero-order valence-corrected chi connectivity index (χ0v) is 20.8. The number of pyridine rings is 1. The molecule has 0 spiro atoms. The van der Waals surface area contributed by atoms with Gasteiger partial charge in [0.1, 0.15) is 11.6 Å². The molecule has 2 aliphatic rings. The Morgan fingerprint density at radius 2 is 1.75 bits per heavy atom. The molecule has 2 aromatic carbocycles. The number of carboxylic acids is 2. The molecule has 1 aliphatic carbocycles. The number of ether oxygens (including phenoxy) is 1. The van der Waals surface area contributed by atoms with Crippen LogP contribution in [-0.4, -0.2) is 71.9 Å². The Hall–Kier alpha value is -3.65. The van der Waals surface area contributed by atoms with Gasteiger partial charge in [-0.25, -0.2) is 14.6 Å². The van der Waals surface area contributed by atoms with Crippen molar-refractivity contribution in [3.05, 3.63) is 65.4 Å². The van der Waals surface area contributed by atoms with E-state index in [0.29, 0.717) is 5.92 Å². The molecule has 1 aromatic heterocycles. The maximum atomic E-state index is 9.10. The molecule has 1 aliphatic heterocycles. The quantitative estimate of drug-likeness (QED) is 0.528. The summed E-state index contributed by atoms with van der Waals surface area (Å²) in [4.78, 5) is 28.5. The summed E-state index contributed by atoms with van der Waals surface area (Å²) in [6.07, 6.45) is 3.42. The van der Waals surface area contributed by atoms with Crippen LogP contribution in [0.1, 0.15) is 42.5 Å². The van der Waals surface area contributed by atoms with E-state index in [-0.39, 0.29) is 0 Å². The number of aliphatic carboxylic acids is 2. The van der Waals surface area contributed by atoms with Crippen molar-refractivity contribution in [3.8, 4) is 5.75 Å². The van der Waals surface area contributed by atoms with Crippen molar-refractivity contribution in [1.29, 1.82) is 0 Å². The second kappa shape index (κ2) is 11.4. The van der Waals surface area contributed by atoms with E-state index in [2.05, 4.69) is 65.3 Å². The summed E-state index contributed by atoms with van der Waals surface area (Å²) in [5, 5.41) is 17.4. The Bertz CT molecular complexity index is 1230. The van der Waals surface area contributed by atoms with Crippen LogP contribution in [0.2, 0.25) is 0 Å². The second-order valence-corrected chi connectivity index (χ2v) is 9.10. The third-order valence-corrected chi connectivity index (χ3v) is 7.08. The van der Waals surface area contributed by atoms with Crippen molar-refractivity contribution in [2.24, 2.45) is 0 Å². The van der Waals surface area contributed by atoms with Crippen LogP contribution in [0.3, 0.4) is 0 Å². The molecule has 0 saturated carbocycles. The van der Waals surface area contributed by atoms with E-state index in [1.165, 1.54) is 34.0 Å². The van der Waals surface area contributed by atoms with Crippen LogP contribution in [0, 0.1) is 0 Å². The second-order valence-electron chi connectivity index (χ2n) is 9.10. The zero-order valence-electron chi connectivity index (χ0n) is 20.8. The van der Waals surface area contributed by atoms with Crippen LogP contribution in [-0.2, 0) is 16.0 Å². The van der Waals surface area contributed by atoms with Gasteiger partial charge < -0.3 is 24.7 Å². The number of rotatable bonds is 4. The van der Waals surface area contributed by atoms with Gasteiger partial charge in [0.25, 0.3) is 0 Å². The molecule has 5 rings (SSSR count). The zero-order chi connectivity index (χ0) is 25.7. The van der Waals surface area contributed by atoms with E-state index in [1.54, 1.807) is 7.11 Å². The van der Waals surface area contributed by atoms with Crippen molar-refractivity contribution < 1.29 is 24.5 Å². The fourth-order valence-electron chi connectivity index (χ4n) is 5.21. The van der Waals surface area contributed by atoms with Crippen LogP contribution in [0.25, 0.3) is 10.8 Å². The molecular weight excluding hydrogens is 458 g/mol. The van der Waals surface area contributed by atoms with Gasteiger partial charge in [0.05, 0.1) is 12.8 Å². The van der Waals surface area contributed by atoms with Gasteiger partial charge in [-0.05, 0) is 54.5 Å². The maximum Gasteiger partial charge on any atom is 0.414 e. The molecule has 1 atom stereocenters. The van der Waals surface area contributed by atoms with Gasteiger partial charge in [-0.1, -0.05) is 43.3 Å². The molecule has 3 aromatic rings. The Kier molecular flexibility index (Phi) is 8.05. The van der Waals surface area contributed by atoms with Gasteiger partial charge in [-0.2, -0.15) is 0 Å². The van der Waals surface area contributed by atoms with Crippen LogP contribution >= 0.6 is 0 Å². The summed E-state index contributed by atoms with van der Waals surface area (Å²) in [6.45, 7) is 7.69. The number of likely N-dealkylation sites (N-methyl/N-ethyl adjacent to an activating group) is 1. The highest BCUT2D eigenvalue weighted by Crippen LogP contribution is 2.41. The first-order chi connectivity index (χ1) is 17.4. The van der Waals surface area contributed by atoms with Crippen molar-refractivity contribution in [1.82, 2.24) is 9.88 Å². The fourth-order valence-corrected chi connectivity index (χ4v) is 5.21. The van der Waals surface area contributed by atoms with Crippen molar-refractivity contribution in [2.75, 3.05) is 44.7 Å². The molecule has 0 radical (unpaired) electrons. The fraction of sp³-hybridized carbons (Fsp3) is 0.393. The summed E-state index contributed by atoms with van der Waals surface area (Å²) in [5.74, 6) is -1.13. The molecule has 0 amide bonds. The number of carboxylic acid groups (broad SMARTS) is 2. The first-order valence-electron chi connectivity index (χ1n) is 12.4. The van der Waals surface area contributed by atoms with Crippen LogP contribution < -0.4 is 9.64 Å².